The van der Waals surface area contributed by atoms with Gasteiger partial charge < -0.3 is 10.2 Å². The molecular formula is C15H30O3. The zero-order chi connectivity index (χ0) is 13.6. The molecule has 0 aromatic heterocycles. The summed E-state index contributed by atoms with van der Waals surface area (Å²) in [6.45, 7) is 2.10. The van der Waals surface area contributed by atoms with Crippen LogP contribution in [0.4, 0.5) is 0 Å². The first kappa shape index (κ1) is 17.4. The van der Waals surface area contributed by atoms with Gasteiger partial charge in [0.05, 0.1) is 6.10 Å². The zero-order valence-electron chi connectivity index (χ0n) is 11.9. The second-order valence-electron chi connectivity index (χ2n) is 5.20. The number of hydrogen-bond acceptors (Lipinski definition) is 2. The topological polar surface area (TPSA) is 57.5 Å². The molecule has 0 heterocycles. The molecule has 0 radical (unpaired) electrons. The molecule has 0 fully saturated rings. The summed E-state index contributed by atoms with van der Waals surface area (Å²) in [5.74, 6) is -0.680. The molecule has 2 N–H and O–H groups in total. The van der Waals surface area contributed by atoms with Crippen LogP contribution < -0.4 is 0 Å². The Morgan fingerprint density at radius 3 is 1.89 bits per heavy atom. The molecule has 0 bridgehead atoms. The largest absolute Gasteiger partial charge is 0.481 e. The molecule has 0 aliphatic carbocycles. The summed E-state index contributed by atoms with van der Waals surface area (Å²) in [5.41, 5.74) is 0. The third kappa shape index (κ3) is 13.5. The van der Waals surface area contributed by atoms with Crippen molar-refractivity contribution in [2.24, 2.45) is 0 Å². The van der Waals surface area contributed by atoms with Gasteiger partial charge in [-0.05, 0) is 19.3 Å². The van der Waals surface area contributed by atoms with E-state index in [0.29, 0.717) is 6.42 Å². The fraction of sp³-hybridized carbons (Fsp3) is 0.933. The number of hydrogen-bond donors (Lipinski definition) is 2. The number of aliphatic carboxylic acids is 1. The Labute approximate surface area is 112 Å². The minimum Gasteiger partial charge on any atom is -0.481 e. The van der Waals surface area contributed by atoms with Crippen LogP contribution >= 0.6 is 0 Å². The molecule has 1 unspecified atom stereocenters. The summed E-state index contributed by atoms with van der Waals surface area (Å²) in [5, 5.41) is 18.0. The van der Waals surface area contributed by atoms with Crippen molar-refractivity contribution in [3.05, 3.63) is 0 Å². The minimum atomic E-state index is -0.680. The summed E-state index contributed by atoms with van der Waals surface area (Å²) in [7, 11) is 0. The van der Waals surface area contributed by atoms with Crippen LogP contribution in [-0.2, 0) is 4.79 Å². The molecular weight excluding hydrogens is 228 g/mol. The summed E-state index contributed by atoms with van der Waals surface area (Å²) >= 11 is 0. The molecule has 0 spiro atoms. The van der Waals surface area contributed by atoms with E-state index in [0.717, 1.165) is 44.9 Å². The SMILES string of the molecule is CCCC(O)CCCCCCCCCCC(=O)O. The van der Waals surface area contributed by atoms with Crippen molar-refractivity contribution < 1.29 is 15.0 Å². The Morgan fingerprint density at radius 1 is 0.889 bits per heavy atom. The Bertz CT molecular complexity index is 192. The van der Waals surface area contributed by atoms with Crippen molar-refractivity contribution >= 4 is 5.97 Å². The summed E-state index contributed by atoms with van der Waals surface area (Å²) in [4.78, 5) is 10.3. The van der Waals surface area contributed by atoms with E-state index in [2.05, 4.69) is 6.92 Å². The predicted molar refractivity (Wildman–Crippen MR) is 74.7 cm³/mol. The van der Waals surface area contributed by atoms with Gasteiger partial charge in [-0.25, -0.2) is 0 Å². The molecule has 3 heteroatoms. The molecule has 0 saturated carbocycles. The lowest BCUT2D eigenvalue weighted by Gasteiger charge is -2.08. The van der Waals surface area contributed by atoms with E-state index in [4.69, 9.17) is 5.11 Å². The fourth-order valence-corrected chi connectivity index (χ4v) is 2.19. The summed E-state index contributed by atoms with van der Waals surface area (Å²) in [6, 6.07) is 0. The van der Waals surface area contributed by atoms with Crippen molar-refractivity contribution in [3.8, 4) is 0 Å². The Balaban J connectivity index is 3.05. The highest BCUT2D eigenvalue weighted by Crippen LogP contribution is 2.12. The maximum Gasteiger partial charge on any atom is 0.303 e. The Morgan fingerprint density at radius 2 is 1.39 bits per heavy atom. The molecule has 0 rings (SSSR count). The van der Waals surface area contributed by atoms with Gasteiger partial charge >= 0.3 is 5.97 Å². The predicted octanol–water partition coefficient (Wildman–Crippen LogP) is 4.13. The molecule has 0 amide bonds. The monoisotopic (exact) mass is 258 g/mol. The first-order valence-electron chi connectivity index (χ1n) is 7.56. The average Bonchev–Trinajstić information content (AvgIpc) is 2.31. The molecule has 0 saturated heterocycles. The maximum atomic E-state index is 10.3. The van der Waals surface area contributed by atoms with Crippen LogP contribution in [0.15, 0.2) is 0 Å². The number of carbonyl (C=O) groups is 1. The van der Waals surface area contributed by atoms with Crippen molar-refractivity contribution in [3.63, 3.8) is 0 Å². The average molecular weight is 258 g/mol. The number of aliphatic hydroxyl groups excluding tert-OH is 1. The van der Waals surface area contributed by atoms with Crippen LogP contribution in [0.3, 0.4) is 0 Å². The van der Waals surface area contributed by atoms with Crippen LogP contribution in [0.5, 0.6) is 0 Å². The molecule has 0 aromatic carbocycles. The van der Waals surface area contributed by atoms with Gasteiger partial charge in [-0.2, -0.15) is 0 Å². The number of carboxylic acids is 1. The van der Waals surface area contributed by atoms with Crippen molar-refractivity contribution in [2.45, 2.75) is 90.1 Å². The molecule has 0 aromatic rings. The Hall–Kier alpha value is -0.570. The highest BCUT2D eigenvalue weighted by atomic mass is 16.4. The van der Waals surface area contributed by atoms with E-state index in [-0.39, 0.29) is 6.10 Å². The van der Waals surface area contributed by atoms with Gasteiger partial charge in [0.15, 0.2) is 0 Å². The molecule has 0 aliphatic heterocycles. The number of rotatable bonds is 13. The van der Waals surface area contributed by atoms with Gasteiger partial charge in [0, 0.05) is 6.42 Å². The molecule has 0 aliphatic rings. The van der Waals surface area contributed by atoms with Crippen LogP contribution in [0.25, 0.3) is 0 Å². The highest BCUT2D eigenvalue weighted by molar-refractivity contribution is 5.66. The smallest absolute Gasteiger partial charge is 0.303 e. The van der Waals surface area contributed by atoms with Gasteiger partial charge in [-0.3, -0.25) is 4.79 Å². The van der Waals surface area contributed by atoms with E-state index in [1.807, 2.05) is 0 Å². The normalized spacial score (nSPS) is 12.6. The lowest BCUT2D eigenvalue weighted by atomic mass is 10.0. The van der Waals surface area contributed by atoms with Gasteiger partial charge in [0.1, 0.15) is 0 Å². The lowest BCUT2D eigenvalue weighted by molar-refractivity contribution is -0.137. The van der Waals surface area contributed by atoms with Crippen LogP contribution in [0.1, 0.15) is 84.0 Å². The zero-order valence-corrected chi connectivity index (χ0v) is 11.9. The van der Waals surface area contributed by atoms with Crippen LogP contribution in [0.2, 0.25) is 0 Å². The van der Waals surface area contributed by atoms with Crippen LogP contribution in [0, 0.1) is 0 Å². The number of carboxylic acid groups (broad SMARTS) is 1. The Kier molecular flexibility index (Phi) is 12.5. The molecule has 108 valence electrons. The first-order valence-corrected chi connectivity index (χ1v) is 7.56. The van der Waals surface area contributed by atoms with Gasteiger partial charge in [-0.1, -0.05) is 58.3 Å². The van der Waals surface area contributed by atoms with Crippen molar-refractivity contribution in [2.75, 3.05) is 0 Å². The van der Waals surface area contributed by atoms with Crippen molar-refractivity contribution in [1.29, 1.82) is 0 Å². The standard InChI is InChI=1S/C15H30O3/c1-2-11-14(16)12-9-7-5-3-4-6-8-10-13-15(17)18/h14,16H,2-13H2,1H3,(H,17,18). The van der Waals surface area contributed by atoms with Crippen LogP contribution in [-0.4, -0.2) is 22.3 Å². The molecule has 18 heavy (non-hydrogen) atoms. The molecule has 3 nitrogen and oxygen atoms in total. The quantitative estimate of drug-likeness (QED) is 0.488. The number of unbranched alkanes of at least 4 members (excludes halogenated alkanes) is 7. The van der Waals surface area contributed by atoms with E-state index >= 15 is 0 Å². The third-order valence-corrected chi connectivity index (χ3v) is 3.30. The second-order valence-corrected chi connectivity index (χ2v) is 5.20. The van der Waals surface area contributed by atoms with Gasteiger partial charge in [0.2, 0.25) is 0 Å². The summed E-state index contributed by atoms with van der Waals surface area (Å²) in [6.07, 6.45) is 12.3. The van der Waals surface area contributed by atoms with E-state index < -0.39 is 5.97 Å². The maximum absolute atomic E-state index is 10.3. The van der Waals surface area contributed by atoms with E-state index in [9.17, 15) is 9.90 Å². The first-order chi connectivity index (χ1) is 8.66. The van der Waals surface area contributed by atoms with E-state index in [1.165, 1.54) is 25.7 Å². The van der Waals surface area contributed by atoms with Gasteiger partial charge in [-0.15, -0.1) is 0 Å². The van der Waals surface area contributed by atoms with E-state index in [1.54, 1.807) is 0 Å². The van der Waals surface area contributed by atoms with Crippen molar-refractivity contribution in [1.82, 2.24) is 0 Å². The lowest BCUT2D eigenvalue weighted by Crippen LogP contribution is -2.04. The second kappa shape index (κ2) is 12.9. The third-order valence-electron chi connectivity index (χ3n) is 3.30. The molecule has 1 atom stereocenters. The number of aliphatic hydroxyl groups is 1. The van der Waals surface area contributed by atoms with Gasteiger partial charge in [0.25, 0.3) is 0 Å². The summed E-state index contributed by atoms with van der Waals surface area (Å²) < 4.78 is 0. The minimum absolute atomic E-state index is 0.0916. The highest BCUT2D eigenvalue weighted by Gasteiger charge is 2.01. The fourth-order valence-electron chi connectivity index (χ4n) is 2.19.